The predicted molar refractivity (Wildman–Crippen MR) is 66.5 cm³/mol. The van der Waals surface area contributed by atoms with E-state index in [4.69, 9.17) is 10.3 Å². The molecule has 0 amide bonds. The average Bonchev–Trinajstić information content (AvgIpc) is 2.79. The highest BCUT2D eigenvalue weighted by molar-refractivity contribution is 5.59. The van der Waals surface area contributed by atoms with Gasteiger partial charge in [-0.15, -0.1) is 0 Å². The Morgan fingerprint density at radius 2 is 2.11 bits per heavy atom. The SMILES string of the molecule is Cc1cc(F)ccc1-c1noc(C(C)(C)CN)n1. The molecule has 2 aromatic rings. The molecule has 0 fully saturated rings. The van der Waals surface area contributed by atoms with E-state index < -0.39 is 0 Å². The van der Waals surface area contributed by atoms with Crippen molar-refractivity contribution >= 4 is 0 Å². The lowest BCUT2D eigenvalue weighted by Crippen LogP contribution is -2.28. The van der Waals surface area contributed by atoms with Crippen LogP contribution in [0.1, 0.15) is 25.3 Å². The zero-order valence-corrected chi connectivity index (χ0v) is 10.7. The Bertz CT molecular complexity index is 563. The lowest BCUT2D eigenvalue weighted by Gasteiger charge is -2.15. The van der Waals surface area contributed by atoms with Crippen LogP contribution in [-0.4, -0.2) is 16.7 Å². The Balaban J connectivity index is 2.41. The monoisotopic (exact) mass is 249 g/mol. The number of benzene rings is 1. The number of hydrogen-bond acceptors (Lipinski definition) is 4. The van der Waals surface area contributed by atoms with Gasteiger partial charge in [-0.05, 0) is 44.5 Å². The average molecular weight is 249 g/mol. The zero-order chi connectivity index (χ0) is 13.3. The lowest BCUT2D eigenvalue weighted by atomic mass is 9.94. The molecule has 0 bridgehead atoms. The molecule has 2 rings (SSSR count). The molecule has 0 aliphatic heterocycles. The van der Waals surface area contributed by atoms with Crippen LogP contribution >= 0.6 is 0 Å². The van der Waals surface area contributed by atoms with Gasteiger partial charge in [-0.25, -0.2) is 4.39 Å². The summed E-state index contributed by atoms with van der Waals surface area (Å²) in [6.45, 7) is 6.09. The number of nitrogens with zero attached hydrogens (tertiary/aromatic N) is 2. The normalized spacial score (nSPS) is 11.8. The summed E-state index contributed by atoms with van der Waals surface area (Å²) in [5.74, 6) is 0.676. The van der Waals surface area contributed by atoms with Crippen LogP contribution < -0.4 is 5.73 Å². The van der Waals surface area contributed by atoms with E-state index >= 15 is 0 Å². The largest absolute Gasteiger partial charge is 0.338 e. The van der Waals surface area contributed by atoms with Crippen LogP contribution in [0.4, 0.5) is 4.39 Å². The van der Waals surface area contributed by atoms with Gasteiger partial charge in [0.25, 0.3) is 0 Å². The first kappa shape index (κ1) is 12.7. The summed E-state index contributed by atoms with van der Waals surface area (Å²) in [5.41, 5.74) is 6.83. The van der Waals surface area contributed by atoms with E-state index in [1.165, 1.54) is 12.1 Å². The van der Waals surface area contributed by atoms with E-state index in [0.29, 0.717) is 18.3 Å². The van der Waals surface area contributed by atoms with E-state index in [9.17, 15) is 4.39 Å². The summed E-state index contributed by atoms with van der Waals surface area (Å²) < 4.78 is 18.3. The van der Waals surface area contributed by atoms with E-state index in [1.54, 1.807) is 6.07 Å². The van der Waals surface area contributed by atoms with Crippen LogP contribution in [0.25, 0.3) is 11.4 Å². The van der Waals surface area contributed by atoms with Crippen LogP contribution in [0.5, 0.6) is 0 Å². The van der Waals surface area contributed by atoms with Gasteiger partial charge in [-0.2, -0.15) is 4.98 Å². The third kappa shape index (κ3) is 2.26. The van der Waals surface area contributed by atoms with Crippen LogP contribution in [-0.2, 0) is 5.41 Å². The molecule has 18 heavy (non-hydrogen) atoms. The van der Waals surface area contributed by atoms with Gasteiger partial charge in [0.2, 0.25) is 11.7 Å². The van der Waals surface area contributed by atoms with Gasteiger partial charge in [0, 0.05) is 12.1 Å². The van der Waals surface area contributed by atoms with Crippen molar-refractivity contribution in [1.82, 2.24) is 10.1 Å². The van der Waals surface area contributed by atoms with Gasteiger partial charge < -0.3 is 10.3 Å². The Labute approximate surface area is 105 Å². The zero-order valence-electron chi connectivity index (χ0n) is 10.7. The van der Waals surface area contributed by atoms with Crippen molar-refractivity contribution in [1.29, 1.82) is 0 Å². The second kappa shape index (κ2) is 4.49. The maximum Gasteiger partial charge on any atom is 0.233 e. The number of aromatic nitrogens is 2. The Kier molecular flexibility index (Phi) is 3.17. The Hall–Kier alpha value is -1.75. The molecule has 1 aromatic heterocycles. The Morgan fingerprint density at radius 1 is 1.39 bits per heavy atom. The highest BCUT2D eigenvalue weighted by Crippen LogP contribution is 2.25. The number of nitrogens with two attached hydrogens (primary N) is 1. The summed E-state index contributed by atoms with van der Waals surface area (Å²) in [4.78, 5) is 4.33. The van der Waals surface area contributed by atoms with Crippen LogP contribution in [0.2, 0.25) is 0 Å². The lowest BCUT2D eigenvalue weighted by molar-refractivity contribution is 0.311. The molecule has 0 aliphatic rings. The van der Waals surface area contributed by atoms with Crippen LogP contribution in [0, 0.1) is 12.7 Å². The minimum Gasteiger partial charge on any atom is -0.338 e. The maximum atomic E-state index is 13.0. The van der Waals surface area contributed by atoms with Crippen molar-refractivity contribution < 1.29 is 8.91 Å². The minimum absolute atomic E-state index is 0.276. The molecule has 96 valence electrons. The highest BCUT2D eigenvalue weighted by atomic mass is 19.1. The number of hydrogen-bond donors (Lipinski definition) is 1. The van der Waals surface area contributed by atoms with Crippen molar-refractivity contribution in [2.24, 2.45) is 5.73 Å². The first-order valence-electron chi connectivity index (χ1n) is 5.75. The van der Waals surface area contributed by atoms with Crippen molar-refractivity contribution in [3.05, 3.63) is 35.5 Å². The van der Waals surface area contributed by atoms with E-state index in [2.05, 4.69) is 10.1 Å². The molecule has 1 aromatic carbocycles. The topological polar surface area (TPSA) is 64.9 Å². The van der Waals surface area contributed by atoms with E-state index in [1.807, 2.05) is 20.8 Å². The number of halogens is 1. The Morgan fingerprint density at radius 3 is 2.72 bits per heavy atom. The van der Waals surface area contributed by atoms with Gasteiger partial charge in [-0.1, -0.05) is 5.16 Å². The fourth-order valence-electron chi connectivity index (χ4n) is 1.57. The van der Waals surface area contributed by atoms with Crippen molar-refractivity contribution in [3.63, 3.8) is 0 Å². The predicted octanol–water partition coefficient (Wildman–Crippen LogP) is 2.42. The van der Waals surface area contributed by atoms with Gasteiger partial charge in [0.1, 0.15) is 5.82 Å². The molecule has 5 heteroatoms. The second-order valence-corrected chi connectivity index (χ2v) is 4.97. The molecular weight excluding hydrogens is 233 g/mol. The molecule has 0 spiro atoms. The fraction of sp³-hybridized carbons (Fsp3) is 0.385. The molecule has 0 saturated heterocycles. The van der Waals surface area contributed by atoms with E-state index in [0.717, 1.165) is 11.1 Å². The summed E-state index contributed by atoms with van der Waals surface area (Å²) in [6.07, 6.45) is 0. The molecule has 1 heterocycles. The van der Waals surface area contributed by atoms with Crippen molar-refractivity contribution in [3.8, 4) is 11.4 Å². The first-order valence-corrected chi connectivity index (χ1v) is 5.75. The van der Waals surface area contributed by atoms with Gasteiger partial charge in [-0.3, -0.25) is 0 Å². The van der Waals surface area contributed by atoms with Crippen molar-refractivity contribution in [2.45, 2.75) is 26.2 Å². The second-order valence-electron chi connectivity index (χ2n) is 4.97. The molecule has 0 aliphatic carbocycles. The smallest absolute Gasteiger partial charge is 0.233 e. The number of aryl methyl sites for hydroxylation is 1. The van der Waals surface area contributed by atoms with Gasteiger partial charge >= 0.3 is 0 Å². The highest BCUT2D eigenvalue weighted by Gasteiger charge is 2.26. The molecule has 4 nitrogen and oxygen atoms in total. The summed E-state index contributed by atoms with van der Waals surface area (Å²) >= 11 is 0. The summed E-state index contributed by atoms with van der Waals surface area (Å²) in [6, 6.07) is 4.47. The van der Waals surface area contributed by atoms with Gasteiger partial charge in [0.05, 0.1) is 5.41 Å². The number of rotatable bonds is 3. The third-order valence-electron chi connectivity index (χ3n) is 2.94. The quantitative estimate of drug-likeness (QED) is 0.907. The standard InChI is InChI=1S/C13H16FN3O/c1-8-6-9(14)4-5-10(8)11-16-12(18-17-11)13(2,3)7-15/h4-6H,7,15H2,1-3H3. The molecular formula is C13H16FN3O. The summed E-state index contributed by atoms with van der Waals surface area (Å²) in [7, 11) is 0. The summed E-state index contributed by atoms with van der Waals surface area (Å²) in [5, 5.41) is 3.93. The fourth-order valence-corrected chi connectivity index (χ4v) is 1.57. The van der Waals surface area contributed by atoms with Crippen molar-refractivity contribution in [2.75, 3.05) is 6.54 Å². The van der Waals surface area contributed by atoms with Gasteiger partial charge in [0.15, 0.2) is 0 Å². The molecule has 0 radical (unpaired) electrons. The molecule has 2 N–H and O–H groups in total. The first-order chi connectivity index (χ1) is 8.44. The molecule has 0 atom stereocenters. The van der Waals surface area contributed by atoms with E-state index in [-0.39, 0.29) is 11.2 Å². The third-order valence-corrected chi connectivity index (χ3v) is 2.94. The molecule has 0 saturated carbocycles. The van der Waals surface area contributed by atoms with Crippen LogP contribution in [0.15, 0.2) is 22.7 Å². The van der Waals surface area contributed by atoms with Crippen LogP contribution in [0.3, 0.4) is 0 Å². The minimum atomic E-state index is -0.362. The maximum absolute atomic E-state index is 13.0. The molecule has 0 unspecified atom stereocenters.